The molecule has 0 N–H and O–H groups in total. The Morgan fingerprint density at radius 3 is 1.38 bits per heavy atom. The Labute approximate surface area is 189 Å². The van der Waals surface area contributed by atoms with E-state index in [1.54, 1.807) is 0 Å². The van der Waals surface area contributed by atoms with Gasteiger partial charge in [0.05, 0.1) is 0 Å². The average Bonchev–Trinajstić information content (AvgIpc) is 2.87. The molecule has 152 valence electrons. The lowest BCUT2D eigenvalue weighted by Crippen LogP contribution is -1.78. The fraction of sp³-hybridized carbons (Fsp3) is 0. The van der Waals surface area contributed by atoms with Crippen molar-refractivity contribution in [2.75, 3.05) is 0 Å². The first-order valence-corrected chi connectivity index (χ1v) is 10.9. The highest BCUT2D eigenvalue weighted by Gasteiger charge is 1.97. The summed E-state index contributed by atoms with van der Waals surface area (Å²) in [5.74, 6) is 0. The maximum absolute atomic E-state index is 2.23. The summed E-state index contributed by atoms with van der Waals surface area (Å²) in [6.07, 6.45) is 8.66. The summed E-state index contributed by atoms with van der Waals surface area (Å²) in [5.41, 5.74) is 7.29. The SMILES string of the molecule is C(=Cc1ccc(-c2ccccc2)cc1)c1ccc(C=Cc2ccc3ccccc3c2)cc1. The molecule has 0 saturated carbocycles. The summed E-state index contributed by atoms with van der Waals surface area (Å²) >= 11 is 0. The number of fused-ring (bicyclic) bond motifs is 1. The molecule has 32 heavy (non-hydrogen) atoms. The van der Waals surface area contributed by atoms with Crippen LogP contribution in [0.4, 0.5) is 0 Å². The molecule has 5 aromatic carbocycles. The molecule has 0 aromatic heterocycles. The van der Waals surface area contributed by atoms with Crippen LogP contribution in [0.1, 0.15) is 22.3 Å². The minimum Gasteiger partial charge on any atom is -0.0622 e. The second-order valence-corrected chi connectivity index (χ2v) is 7.93. The fourth-order valence-electron chi connectivity index (χ4n) is 3.83. The van der Waals surface area contributed by atoms with Gasteiger partial charge >= 0.3 is 0 Å². The molecule has 0 unspecified atom stereocenters. The molecule has 0 fully saturated rings. The van der Waals surface area contributed by atoms with Crippen LogP contribution < -0.4 is 0 Å². The van der Waals surface area contributed by atoms with Crippen molar-refractivity contribution >= 4 is 35.1 Å². The van der Waals surface area contributed by atoms with Gasteiger partial charge in [0, 0.05) is 0 Å². The quantitative estimate of drug-likeness (QED) is 0.255. The van der Waals surface area contributed by atoms with E-state index in [-0.39, 0.29) is 0 Å². The van der Waals surface area contributed by atoms with Crippen LogP contribution in [0.2, 0.25) is 0 Å². The Bertz CT molecular complexity index is 1370. The van der Waals surface area contributed by atoms with E-state index in [0.29, 0.717) is 0 Å². The topological polar surface area (TPSA) is 0 Å². The molecule has 0 bridgehead atoms. The van der Waals surface area contributed by atoms with Crippen molar-refractivity contribution in [3.05, 3.63) is 144 Å². The van der Waals surface area contributed by atoms with Crippen molar-refractivity contribution in [2.45, 2.75) is 0 Å². The van der Waals surface area contributed by atoms with Gasteiger partial charge in [-0.15, -0.1) is 0 Å². The normalized spacial score (nSPS) is 11.5. The van der Waals surface area contributed by atoms with Crippen molar-refractivity contribution in [3.63, 3.8) is 0 Å². The van der Waals surface area contributed by atoms with E-state index in [0.717, 1.165) is 0 Å². The van der Waals surface area contributed by atoms with Gasteiger partial charge < -0.3 is 0 Å². The second kappa shape index (κ2) is 9.32. The Morgan fingerprint density at radius 2 is 0.750 bits per heavy atom. The summed E-state index contributed by atoms with van der Waals surface area (Å²) in [7, 11) is 0. The molecule has 0 nitrogen and oxygen atoms in total. The highest BCUT2D eigenvalue weighted by Crippen LogP contribution is 2.21. The van der Waals surface area contributed by atoms with Gasteiger partial charge in [0.1, 0.15) is 0 Å². The third-order valence-electron chi connectivity index (χ3n) is 5.66. The predicted molar refractivity (Wildman–Crippen MR) is 140 cm³/mol. The molecular formula is C32H24. The molecule has 5 rings (SSSR count). The minimum absolute atomic E-state index is 1.19. The van der Waals surface area contributed by atoms with Crippen molar-refractivity contribution < 1.29 is 0 Å². The molecule has 0 spiro atoms. The molecule has 0 aliphatic heterocycles. The first-order valence-electron chi connectivity index (χ1n) is 10.9. The van der Waals surface area contributed by atoms with Crippen LogP contribution in [0.3, 0.4) is 0 Å². The van der Waals surface area contributed by atoms with Crippen LogP contribution in [0.5, 0.6) is 0 Å². The zero-order valence-corrected chi connectivity index (χ0v) is 17.9. The fourth-order valence-corrected chi connectivity index (χ4v) is 3.83. The van der Waals surface area contributed by atoms with Gasteiger partial charge in [-0.25, -0.2) is 0 Å². The highest BCUT2D eigenvalue weighted by molar-refractivity contribution is 5.86. The van der Waals surface area contributed by atoms with Crippen LogP contribution in [0.25, 0.3) is 46.2 Å². The molecule has 5 aromatic rings. The van der Waals surface area contributed by atoms with E-state index in [9.17, 15) is 0 Å². The number of hydrogen-bond donors (Lipinski definition) is 0. The number of hydrogen-bond acceptors (Lipinski definition) is 0. The maximum atomic E-state index is 2.23. The summed E-state index contributed by atoms with van der Waals surface area (Å²) < 4.78 is 0. The highest BCUT2D eigenvalue weighted by atomic mass is 14.0. The molecule has 0 amide bonds. The van der Waals surface area contributed by atoms with Crippen molar-refractivity contribution in [1.82, 2.24) is 0 Å². The first-order chi connectivity index (χ1) is 15.8. The van der Waals surface area contributed by atoms with Crippen molar-refractivity contribution in [2.24, 2.45) is 0 Å². The summed E-state index contributed by atoms with van der Waals surface area (Å²) in [5, 5.41) is 2.54. The van der Waals surface area contributed by atoms with E-state index in [1.165, 1.54) is 44.2 Å². The zero-order chi connectivity index (χ0) is 21.6. The van der Waals surface area contributed by atoms with E-state index < -0.39 is 0 Å². The molecule has 0 aliphatic carbocycles. The van der Waals surface area contributed by atoms with Crippen LogP contribution in [0, 0.1) is 0 Å². The third kappa shape index (κ3) is 4.77. The van der Waals surface area contributed by atoms with Crippen LogP contribution in [-0.2, 0) is 0 Å². The lowest BCUT2D eigenvalue weighted by molar-refractivity contribution is 1.60. The van der Waals surface area contributed by atoms with Gasteiger partial charge in [-0.3, -0.25) is 0 Å². The van der Waals surface area contributed by atoms with E-state index in [2.05, 4.69) is 140 Å². The Hall–Kier alpha value is -4.16. The predicted octanol–water partition coefficient (Wildman–Crippen LogP) is 8.85. The van der Waals surface area contributed by atoms with Gasteiger partial charge in [0.15, 0.2) is 0 Å². The van der Waals surface area contributed by atoms with E-state index in [1.807, 2.05) is 6.07 Å². The summed E-state index contributed by atoms with van der Waals surface area (Å²) in [6.45, 7) is 0. The standard InChI is InChI=1S/C32H24/c1-2-6-29(7-3-1)31-21-18-27(19-22-31)15-14-25-10-12-26(13-11-25)16-17-28-20-23-30-8-4-5-9-32(30)24-28/h1-24H. The molecule has 0 atom stereocenters. The molecule has 0 saturated heterocycles. The first kappa shape index (κ1) is 19.8. The van der Waals surface area contributed by atoms with Crippen molar-refractivity contribution in [1.29, 1.82) is 0 Å². The Kier molecular flexibility index (Phi) is 5.76. The summed E-state index contributed by atoms with van der Waals surface area (Å²) in [4.78, 5) is 0. The Balaban J connectivity index is 1.25. The molecule has 0 radical (unpaired) electrons. The lowest BCUT2D eigenvalue weighted by Gasteiger charge is -2.02. The van der Waals surface area contributed by atoms with Crippen molar-refractivity contribution in [3.8, 4) is 11.1 Å². The molecule has 0 aliphatic rings. The minimum atomic E-state index is 1.19. The van der Waals surface area contributed by atoms with Gasteiger partial charge in [0.2, 0.25) is 0 Å². The van der Waals surface area contributed by atoms with Gasteiger partial charge in [-0.2, -0.15) is 0 Å². The monoisotopic (exact) mass is 408 g/mol. The van der Waals surface area contributed by atoms with Gasteiger partial charge in [0.25, 0.3) is 0 Å². The second-order valence-electron chi connectivity index (χ2n) is 7.93. The van der Waals surface area contributed by atoms with Crippen LogP contribution >= 0.6 is 0 Å². The number of rotatable bonds is 5. The lowest BCUT2D eigenvalue weighted by atomic mass is 10.0. The molecular weight excluding hydrogens is 384 g/mol. The van der Waals surface area contributed by atoms with Gasteiger partial charge in [-0.05, 0) is 50.2 Å². The van der Waals surface area contributed by atoms with Gasteiger partial charge in [-0.1, -0.05) is 140 Å². The smallest absolute Gasteiger partial charge is 0.0178 e. The maximum Gasteiger partial charge on any atom is -0.0178 e. The van der Waals surface area contributed by atoms with E-state index in [4.69, 9.17) is 0 Å². The number of benzene rings is 5. The molecule has 0 heteroatoms. The van der Waals surface area contributed by atoms with Crippen LogP contribution in [-0.4, -0.2) is 0 Å². The van der Waals surface area contributed by atoms with Crippen LogP contribution in [0.15, 0.2) is 121 Å². The third-order valence-corrected chi connectivity index (χ3v) is 5.66. The summed E-state index contributed by atoms with van der Waals surface area (Å²) in [6, 6.07) is 42.8. The molecule has 0 heterocycles. The zero-order valence-electron chi connectivity index (χ0n) is 17.9. The average molecular weight is 409 g/mol. The van der Waals surface area contributed by atoms with E-state index >= 15 is 0 Å². The Morgan fingerprint density at radius 1 is 0.312 bits per heavy atom. The largest absolute Gasteiger partial charge is 0.0622 e.